The Labute approximate surface area is 143 Å². The Morgan fingerprint density at radius 1 is 1.08 bits per heavy atom. The molecule has 1 atom stereocenters. The van der Waals surface area contributed by atoms with Gasteiger partial charge >= 0.3 is 0 Å². The predicted octanol–water partition coefficient (Wildman–Crippen LogP) is 2.46. The maximum absolute atomic E-state index is 12.7. The molecule has 0 saturated carbocycles. The first kappa shape index (κ1) is 15.9. The van der Waals surface area contributed by atoms with Crippen LogP contribution >= 0.6 is 0 Å². The van der Waals surface area contributed by atoms with Crippen molar-refractivity contribution in [2.45, 2.75) is 25.8 Å². The summed E-state index contributed by atoms with van der Waals surface area (Å²) >= 11 is 0. The molecule has 0 N–H and O–H groups in total. The van der Waals surface area contributed by atoms with Crippen LogP contribution in [0.1, 0.15) is 24.8 Å². The van der Waals surface area contributed by atoms with E-state index < -0.39 is 0 Å². The molecule has 1 aromatic carbocycles. The Balaban J connectivity index is 1.60. The second-order valence-electron chi connectivity index (χ2n) is 7.89. The maximum atomic E-state index is 12.7. The summed E-state index contributed by atoms with van der Waals surface area (Å²) in [7, 11) is 4.12. The van der Waals surface area contributed by atoms with Crippen molar-refractivity contribution in [3.8, 4) is 0 Å². The van der Waals surface area contributed by atoms with E-state index in [1.54, 1.807) is 4.57 Å². The fourth-order valence-electron chi connectivity index (χ4n) is 4.78. The van der Waals surface area contributed by atoms with E-state index in [2.05, 4.69) is 29.0 Å². The molecule has 2 saturated heterocycles. The minimum absolute atomic E-state index is 0.150. The summed E-state index contributed by atoms with van der Waals surface area (Å²) in [5.41, 5.74) is 2.55. The Kier molecular flexibility index (Phi) is 3.97. The average Bonchev–Trinajstić information content (AvgIpc) is 2.92. The molecule has 4 rings (SSSR count). The van der Waals surface area contributed by atoms with Crippen molar-refractivity contribution in [2.75, 3.05) is 33.2 Å². The van der Waals surface area contributed by atoms with Crippen LogP contribution in [-0.4, -0.2) is 47.6 Å². The van der Waals surface area contributed by atoms with Crippen molar-refractivity contribution in [1.82, 2.24) is 14.4 Å². The van der Waals surface area contributed by atoms with Gasteiger partial charge in [0.15, 0.2) is 0 Å². The van der Waals surface area contributed by atoms with Crippen molar-refractivity contribution in [1.29, 1.82) is 0 Å². The van der Waals surface area contributed by atoms with Crippen molar-refractivity contribution >= 4 is 10.9 Å². The molecule has 0 bridgehead atoms. The zero-order chi connectivity index (χ0) is 16.7. The van der Waals surface area contributed by atoms with Gasteiger partial charge in [-0.05, 0) is 62.3 Å². The zero-order valence-electron chi connectivity index (χ0n) is 14.8. The Morgan fingerprint density at radius 2 is 1.92 bits per heavy atom. The molecule has 0 amide bonds. The van der Waals surface area contributed by atoms with E-state index in [1.807, 2.05) is 25.2 Å². The molecule has 1 unspecified atom stereocenters. The second kappa shape index (κ2) is 6.01. The molecule has 1 spiro atoms. The maximum Gasteiger partial charge on any atom is 0.255 e. The molecular weight excluding hydrogens is 298 g/mol. The number of aromatic nitrogens is 1. The molecule has 4 nitrogen and oxygen atoms in total. The Bertz CT molecular complexity index is 808. The number of pyridine rings is 1. The first-order valence-corrected chi connectivity index (χ1v) is 9.05. The third-order valence-corrected chi connectivity index (χ3v) is 5.97. The van der Waals surface area contributed by atoms with Crippen LogP contribution in [-0.2, 0) is 13.6 Å². The number of hydrogen-bond donors (Lipinski definition) is 0. The fourth-order valence-corrected chi connectivity index (χ4v) is 4.78. The molecule has 0 aliphatic carbocycles. The molecule has 2 aliphatic rings. The lowest BCUT2D eigenvalue weighted by molar-refractivity contribution is 0.0896. The summed E-state index contributed by atoms with van der Waals surface area (Å²) in [6.45, 7) is 5.45. The van der Waals surface area contributed by atoms with E-state index in [-0.39, 0.29) is 5.56 Å². The fraction of sp³-hybridized carbons (Fsp3) is 0.550. The molecule has 1 aromatic heterocycles. The quantitative estimate of drug-likeness (QED) is 0.849. The van der Waals surface area contributed by atoms with Crippen molar-refractivity contribution < 1.29 is 0 Å². The smallest absolute Gasteiger partial charge is 0.255 e. The third kappa shape index (κ3) is 2.78. The number of nitrogens with zero attached hydrogens (tertiary/aromatic N) is 3. The lowest BCUT2D eigenvalue weighted by Gasteiger charge is -2.40. The van der Waals surface area contributed by atoms with Crippen LogP contribution in [0.25, 0.3) is 10.9 Å². The van der Waals surface area contributed by atoms with Crippen molar-refractivity contribution in [3.05, 3.63) is 46.2 Å². The lowest BCUT2D eigenvalue weighted by Crippen LogP contribution is -2.44. The highest BCUT2D eigenvalue weighted by atomic mass is 16.1. The average molecular weight is 325 g/mol. The van der Waals surface area contributed by atoms with E-state index in [9.17, 15) is 4.79 Å². The van der Waals surface area contributed by atoms with E-state index in [1.165, 1.54) is 32.4 Å². The monoisotopic (exact) mass is 325 g/mol. The van der Waals surface area contributed by atoms with Gasteiger partial charge in [0.25, 0.3) is 5.56 Å². The number of piperidine rings is 1. The topological polar surface area (TPSA) is 28.5 Å². The molecular formula is C20H27N3O. The number of likely N-dealkylation sites (tertiary alicyclic amines) is 2. The number of para-hydroxylation sites is 1. The SMILES string of the molecule is CN1CCC2(CCCN(Cc3cc4ccccc4n(C)c3=O)C2)C1. The van der Waals surface area contributed by atoms with Crippen LogP contribution in [0.2, 0.25) is 0 Å². The summed E-state index contributed by atoms with van der Waals surface area (Å²) in [5, 5.41) is 1.15. The number of rotatable bonds is 2. The molecule has 128 valence electrons. The summed E-state index contributed by atoms with van der Waals surface area (Å²) in [6, 6.07) is 10.2. The first-order valence-electron chi connectivity index (χ1n) is 9.05. The minimum Gasteiger partial charge on any atom is -0.311 e. The summed E-state index contributed by atoms with van der Waals surface area (Å²) in [6.07, 6.45) is 3.89. The molecule has 2 aromatic rings. The van der Waals surface area contributed by atoms with Gasteiger partial charge in [-0.3, -0.25) is 9.69 Å². The Hall–Kier alpha value is -1.65. The molecule has 24 heavy (non-hydrogen) atoms. The van der Waals surface area contributed by atoms with Crippen LogP contribution in [0.4, 0.5) is 0 Å². The zero-order valence-corrected chi connectivity index (χ0v) is 14.8. The molecule has 2 fully saturated rings. The molecule has 3 heterocycles. The van der Waals surface area contributed by atoms with E-state index in [0.717, 1.165) is 36.1 Å². The van der Waals surface area contributed by atoms with Crippen LogP contribution in [0.3, 0.4) is 0 Å². The minimum atomic E-state index is 0.150. The van der Waals surface area contributed by atoms with Gasteiger partial charge in [-0.1, -0.05) is 18.2 Å². The van der Waals surface area contributed by atoms with Crippen LogP contribution in [0.5, 0.6) is 0 Å². The van der Waals surface area contributed by atoms with Gasteiger partial charge in [0.05, 0.1) is 5.52 Å². The standard InChI is InChI=1S/C20H27N3O/c1-21-11-9-20(14-21)8-5-10-23(15-20)13-17-12-16-6-3-4-7-18(16)22(2)19(17)24/h3-4,6-7,12H,5,8-11,13-15H2,1-2H3. The number of benzene rings is 1. The van der Waals surface area contributed by atoms with E-state index >= 15 is 0 Å². The van der Waals surface area contributed by atoms with Crippen LogP contribution < -0.4 is 5.56 Å². The van der Waals surface area contributed by atoms with Gasteiger partial charge < -0.3 is 9.47 Å². The van der Waals surface area contributed by atoms with Gasteiger partial charge in [-0.25, -0.2) is 0 Å². The van der Waals surface area contributed by atoms with Gasteiger partial charge in [-0.2, -0.15) is 0 Å². The summed E-state index contributed by atoms with van der Waals surface area (Å²) in [5.74, 6) is 0. The number of hydrogen-bond acceptors (Lipinski definition) is 3. The van der Waals surface area contributed by atoms with Crippen LogP contribution in [0.15, 0.2) is 35.1 Å². The predicted molar refractivity (Wildman–Crippen MR) is 98.2 cm³/mol. The van der Waals surface area contributed by atoms with E-state index in [4.69, 9.17) is 0 Å². The number of fused-ring (bicyclic) bond motifs is 1. The van der Waals surface area contributed by atoms with Gasteiger partial charge in [-0.15, -0.1) is 0 Å². The first-order chi connectivity index (χ1) is 11.6. The highest BCUT2D eigenvalue weighted by Gasteiger charge is 2.40. The van der Waals surface area contributed by atoms with Gasteiger partial charge in [0, 0.05) is 32.2 Å². The van der Waals surface area contributed by atoms with Crippen LogP contribution in [0, 0.1) is 5.41 Å². The lowest BCUT2D eigenvalue weighted by atomic mass is 9.79. The third-order valence-electron chi connectivity index (χ3n) is 5.97. The summed E-state index contributed by atoms with van der Waals surface area (Å²) in [4.78, 5) is 17.7. The highest BCUT2D eigenvalue weighted by Crippen LogP contribution is 2.38. The number of aryl methyl sites for hydroxylation is 1. The molecule has 0 radical (unpaired) electrons. The van der Waals surface area contributed by atoms with Crippen molar-refractivity contribution in [2.24, 2.45) is 12.5 Å². The summed E-state index contributed by atoms with van der Waals surface area (Å²) < 4.78 is 1.80. The highest BCUT2D eigenvalue weighted by molar-refractivity contribution is 5.79. The van der Waals surface area contributed by atoms with Gasteiger partial charge in [0.2, 0.25) is 0 Å². The molecule has 2 aliphatic heterocycles. The van der Waals surface area contributed by atoms with Crippen molar-refractivity contribution in [3.63, 3.8) is 0 Å². The van der Waals surface area contributed by atoms with E-state index in [0.29, 0.717) is 5.41 Å². The molecule has 4 heteroatoms. The largest absolute Gasteiger partial charge is 0.311 e. The normalized spacial score (nSPS) is 25.8. The van der Waals surface area contributed by atoms with Gasteiger partial charge in [0.1, 0.15) is 0 Å². The second-order valence-corrected chi connectivity index (χ2v) is 7.89. The Morgan fingerprint density at radius 3 is 2.71 bits per heavy atom.